The molecule has 0 aliphatic carbocycles. The maximum atomic E-state index is 3.44. The highest BCUT2D eigenvalue weighted by Gasteiger charge is 2.24. The molecule has 0 unspecified atom stereocenters. The summed E-state index contributed by atoms with van der Waals surface area (Å²) >= 11 is 1.94. The van der Waals surface area contributed by atoms with E-state index in [0.717, 1.165) is 6.04 Å². The van der Waals surface area contributed by atoms with Gasteiger partial charge < -0.3 is 5.32 Å². The third-order valence-corrected chi connectivity index (χ3v) is 4.69. The zero-order chi connectivity index (χ0) is 10.1. The molecule has 17 heavy (non-hydrogen) atoms. The molecule has 0 amide bonds. The summed E-state index contributed by atoms with van der Waals surface area (Å²) in [6.07, 6.45) is 3.94. The molecule has 1 aromatic heterocycles. The Morgan fingerprint density at radius 1 is 1.24 bits per heavy atom. The van der Waals surface area contributed by atoms with Crippen molar-refractivity contribution in [3.05, 3.63) is 21.9 Å². The SMILES string of the molecule is Cl.Cl.c1cc2c(s1)CCN(C1CCNCC1)C2. The molecule has 1 aromatic rings. The van der Waals surface area contributed by atoms with Crippen molar-refractivity contribution in [3.8, 4) is 0 Å². The number of thiophene rings is 1. The first-order valence-electron chi connectivity index (χ1n) is 5.93. The summed E-state index contributed by atoms with van der Waals surface area (Å²) in [5.74, 6) is 0. The van der Waals surface area contributed by atoms with Gasteiger partial charge in [0.25, 0.3) is 0 Å². The minimum absolute atomic E-state index is 0. The van der Waals surface area contributed by atoms with Crippen LogP contribution in [0.3, 0.4) is 0 Å². The fourth-order valence-electron chi connectivity index (χ4n) is 2.75. The highest BCUT2D eigenvalue weighted by atomic mass is 35.5. The molecule has 1 saturated heterocycles. The standard InChI is InChI=1S/C12H18N2S.2ClH/c1-5-13-6-2-11(1)14-7-3-12-10(9-14)4-8-15-12;;/h4,8,11,13H,1-3,5-7,9H2;2*1H. The Labute approximate surface area is 120 Å². The van der Waals surface area contributed by atoms with Crippen molar-refractivity contribution in [2.24, 2.45) is 0 Å². The molecule has 0 saturated carbocycles. The van der Waals surface area contributed by atoms with E-state index in [0.29, 0.717) is 0 Å². The highest BCUT2D eigenvalue weighted by molar-refractivity contribution is 7.10. The minimum Gasteiger partial charge on any atom is -0.317 e. The van der Waals surface area contributed by atoms with Crippen molar-refractivity contribution in [2.75, 3.05) is 19.6 Å². The third kappa shape index (κ3) is 3.36. The smallest absolute Gasteiger partial charge is 0.0247 e. The lowest BCUT2D eigenvalue weighted by Gasteiger charge is -2.36. The van der Waals surface area contributed by atoms with Gasteiger partial charge in [0.15, 0.2) is 0 Å². The van der Waals surface area contributed by atoms with Gasteiger partial charge in [-0.2, -0.15) is 0 Å². The van der Waals surface area contributed by atoms with Crippen LogP contribution < -0.4 is 5.32 Å². The zero-order valence-electron chi connectivity index (χ0n) is 9.85. The minimum atomic E-state index is 0. The normalized spacial score (nSPS) is 21.2. The molecule has 2 aliphatic rings. The quantitative estimate of drug-likeness (QED) is 0.857. The van der Waals surface area contributed by atoms with Gasteiger partial charge in [0, 0.05) is 24.0 Å². The summed E-state index contributed by atoms with van der Waals surface area (Å²) in [5, 5.41) is 5.69. The van der Waals surface area contributed by atoms with E-state index in [4.69, 9.17) is 0 Å². The maximum absolute atomic E-state index is 3.44. The molecule has 2 aliphatic heterocycles. The zero-order valence-corrected chi connectivity index (χ0v) is 12.3. The highest BCUT2D eigenvalue weighted by Crippen LogP contribution is 2.26. The van der Waals surface area contributed by atoms with E-state index >= 15 is 0 Å². The molecule has 3 heterocycles. The van der Waals surface area contributed by atoms with Gasteiger partial charge in [0.2, 0.25) is 0 Å². The predicted molar refractivity (Wildman–Crippen MR) is 78.8 cm³/mol. The number of nitrogens with one attached hydrogen (secondary N) is 1. The summed E-state index contributed by atoms with van der Waals surface area (Å²) in [6, 6.07) is 3.15. The summed E-state index contributed by atoms with van der Waals surface area (Å²) in [5.41, 5.74) is 1.59. The van der Waals surface area contributed by atoms with Gasteiger partial charge in [-0.25, -0.2) is 0 Å². The molecule has 0 atom stereocenters. The monoisotopic (exact) mass is 294 g/mol. The average molecular weight is 295 g/mol. The van der Waals surface area contributed by atoms with E-state index in [1.165, 1.54) is 45.4 Å². The fraction of sp³-hybridized carbons (Fsp3) is 0.667. The maximum Gasteiger partial charge on any atom is 0.0247 e. The van der Waals surface area contributed by atoms with Crippen molar-refractivity contribution in [2.45, 2.75) is 31.8 Å². The van der Waals surface area contributed by atoms with Gasteiger partial charge in [0.05, 0.1) is 0 Å². The number of piperidine rings is 1. The van der Waals surface area contributed by atoms with Gasteiger partial charge in [0.1, 0.15) is 0 Å². The molecular weight excluding hydrogens is 275 g/mol. The number of fused-ring (bicyclic) bond motifs is 1. The second kappa shape index (κ2) is 6.95. The van der Waals surface area contributed by atoms with Crippen molar-refractivity contribution < 1.29 is 0 Å². The first-order chi connectivity index (χ1) is 7.43. The van der Waals surface area contributed by atoms with Crippen molar-refractivity contribution in [1.82, 2.24) is 10.2 Å². The molecule has 3 rings (SSSR count). The number of hydrogen-bond donors (Lipinski definition) is 1. The number of halogens is 2. The first kappa shape index (κ1) is 15.3. The van der Waals surface area contributed by atoms with E-state index in [1.54, 1.807) is 10.4 Å². The van der Waals surface area contributed by atoms with Crippen molar-refractivity contribution in [1.29, 1.82) is 0 Å². The topological polar surface area (TPSA) is 15.3 Å². The number of hydrogen-bond acceptors (Lipinski definition) is 3. The molecule has 1 N–H and O–H groups in total. The predicted octanol–water partition coefficient (Wildman–Crippen LogP) is 2.70. The van der Waals surface area contributed by atoms with Gasteiger partial charge in [-0.05, 0) is 49.4 Å². The summed E-state index contributed by atoms with van der Waals surface area (Å²) in [6.45, 7) is 4.89. The number of rotatable bonds is 1. The Kier molecular flexibility index (Phi) is 6.24. The van der Waals surface area contributed by atoms with Crippen LogP contribution in [0.5, 0.6) is 0 Å². The van der Waals surface area contributed by atoms with Crippen LogP contribution in [0.15, 0.2) is 11.4 Å². The molecule has 5 heteroatoms. The Morgan fingerprint density at radius 2 is 2.00 bits per heavy atom. The second-order valence-corrected chi connectivity index (χ2v) is 5.57. The lowest BCUT2D eigenvalue weighted by atomic mass is 10.0. The summed E-state index contributed by atoms with van der Waals surface area (Å²) in [7, 11) is 0. The van der Waals surface area contributed by atoms with Crippen LogP contribution >= 0.6 is 36.2 Å². The van der Waals surface area contributed by atoms with Gasteiger partial charge in [-0.1, -0.05) is 0 Å². The fourth-order valence-corrected chi connectivity index (χ4v) is 3.64. The van der Waals surface area contributed by atoms with Gasteiger partial charge in [-0.15, -0.1) is 36.2 Å². The Morgan fingerprint density at radius 3 is 2.76 bits per heavy atom. The van der Waals surface area contributed by atoms with Crippen LogP contribution in [0.1, 0.15) is 23.3 Å². The lowest BCUT2D eigenvalue weighted by Crippen LogP contribution is -2.44. The van der Waals surface area contributed by atoms with Crippen LogP contribution in [-0.2, 0) is 13.0 Å². The molecular formula is C12H20Cl2N2S. The largest absolute Gasteiger partial charge is 0.317 e. The molecule has 0 aromatic carbocycles. The molecule has 0 bridgehead atoms. The van der Waals surface area contributed by atoms with Crippen molar-refractivity contribution in [3.63, 3.8) is 0 Å². The van der Waals surface area contributed by atoms with E-state index in [1.807, 2.05) is 11.3 Å². The molecule has 2 nitrogen and oxygen atoms in total. The summed E-state index contributed by atoms with van der Waals surface area (Å²) in [4.78, 5) is 4.32. The van der Waals surface area contributed by atoms with E-state index < -0.39 is 0 Å². The van der Waals surface area contributed by atoms with Gasteiger partial charge >= 0.3 is 0 Å². The Balaban J connectivity index is 0.000000722. The van der Waals surface area contributed by atoms with Crippen LogP contribution in [0.2, 0.25) is 0 Å². The van der Waals surface area contributed by atoms with Crippen LogP contribution in [0.4, 0.5) is 0 Å². The number of nitrogens with zero attached hydrogens (tertiary/aromatic N) is 1. The van der Waals surface area contributed by atoms with Crippen molar-refractivity contribution >= 4 is 36.2 Å². The average Bonchev–Trinajstić information content (AvgIpc) is 2.77. The van der Waals surface area contributed by atoms with E-state index in [9.17, 15) is 0 Å². The van der Waals surface area contributed by atoms with Crippen LogP contribution in [-0.4, -0.2) is 30.6 Å². The van der Waals surface area contributed by atoms with E-state index in [2.05, 4.69) is 21.7 Å². The molecule has 98 valence electrons. The molecule has 0 radical (unpaired) electrons. The van der Waals surface area contributed by atoms with Crippen LogP contribution in [0, 0.1) is 0 Å². The summed E-state index contributed by atoms with van der Waals surface area (Å²) < 4.78 is 0. The molecule has 1 fully saturated rings. The third-order valence-electron chi connectivity index (χ3n) is 3.66. The first-order valence-corrected chi connectivity index (χ1v) is 6.81. The second-order valence-electron chi connectivity index (χ2n) is 4.57. The van der Waals surface area contributed by atoms with Crippen LogP contribution in [0.25, 0.3) is 0 Å². The van der Waals surface area contributed by atoms with E-state index in [-0.39, 0.29) is 24.8 Å². The van der Waals surface area contributed by atoms with Gasteiger partial charge in [-0.3, -0.25) is 4.90 Å². The Bertz CT molecular complexity index is 337. The lowest BCUT2D eigenvalue weighted by molar-refractivity contribution is 0.148. The molecule has 0 spiro atoms. The Hall–Kier alpha value is 0.200.